The zero-order chi connectivity index (χ0) is 20.0. The highest BCUT2D eigenvalue weighted by atomic mass is 16.4. The molecule has 4 aliphatic carbocycles. The number of fused-ring (bicyclic) bond motifs is 5. The lowest BCUT2D eigenvalue weighted by molar-refractivity contribution is -0.151. The van der Waals surface area contributed by atoms with Crippen LogP contribution in [0.2, 0.25) is 0 Å². The third-order valence-corrected chi connectivity index (χ3v) is 9.63. The van der Waals surface area contributed by atoms with E-state index in [4.69, 9.17) is 5.11 Å². The average Bonchev–Trinajstić information content (AvgIpc) is 3.10. The smallest absolute Gasteiger partial charge is 0.303 e. The summed E-state index contributed by atoms with van der Waals surface area (Å²) in [6.45, 7) is 4.48. The molecule has 0 aromatic carbocycles. The van der Waals surface area contributed by atoms with Crippen molar-refractivity contribution >= 4 is 5.97 Å². The Morgan fingerprint density at radius 1 is 0.929 bits per heavy atom. The lowest BCUT2D eigenvalue weighted by Gasteiger charge is -2.58. The fraction of sp³-hybridized carbons (Fsp3) is 0.958. The minimum Gasteiger partial charge on any atom is -0.481 e. The largest absolute Gasteiger partial charge is 0.481 e. The molecule has 4 heteroatoms. The number of aliphatic hydroxyl groups is 2. The molecule has 4 fully saturated rings. The lowest BCUT2D eigenvalue weighted by atomic mass is 9.49. The van der Waals surface area contributed by atoms with Gasteiger partial charge in [-0.2, -0.15) is 0 Å². The second-order valence-corrected chi connectivity index (χ2v) is 10.7. The molecule has 0 heterocycles. The Hall–Kier alpha value is -0.610. The molecule has 28 heavy (non-hydrogen) atoms. The molecule has 0 aromatic heterocycles. The molecule has 0 bridgehead atoms. The molecule has 160 valence electrons. The zero-order valence-electron chi connectivity index (χ0n) is 17.7. The van der Waals surface area contributed by atoms with Crippen LogP contribution in [0.3, 0.4) is 0 Å². The van der Waals surface area contributed by atoms with Gasteiger partial charge < -0.3 is 15.3 Å². The second kappa shape index (κ2) is 8.26. The first-order chi connectivity index (χ1) is 13.4. The van der Waals surface area contributed by atoms with E-state index in [1.54, 1.807) is 0 Å². The van der Waals surface area contributed by atoms with Gasteiger partial charge in [-0.15, -0.1) is 0 Å². The van der Waals surface area contributed by atoms with Gasteiger partial charge in [-0.05, 0) is 105 Å². The summed E-state index contributed by atoms with van der Waals surface area (Å²) in [5, 5.41) is 30.8. The fourth-order valence-corrected chi connectivity index (χ4v) is 8.52. The van der Waals surface area contributed by atoms with Crippen LogP contribution in [-0.2, 0) is 4.79 Å². The van der Waals surface area contributed by atoms with Gasteiger partial charge in [0, 0.05) is 6.42 Å². The Balaban J connectivity index is 1.52. The van der Waals surface area contributed by atoms with Crippen molar-refractivity contribution in [3.8, 4) is 0 Å². The maximum atomic E-state index is 11.5. The number of carboxylic acid groups (broad SMARTS) is 1. The first-order valence-corrected chi connectivity index (χ1v) is 12.0. The van der Waals surface area contributed by atoms with Crippen molar-refractivity contribution in [2.75, 3.05) is 0 Å². The number of hydrogen-bond donors (Lipinski definition) is 3. The predicted molar refractivity (Wildman–Crippen MR) is 109 cm³/mol. The fourth-order valence-electron chi connectivity index (χ4n) is 8.52. The van der Waals surface area contributed by atoms with Crippen molar-refractivity contribution in [3.63, 3.8) is 0 Å². The molecule has 4 aliphatic rings. The van der Waals surface area contributed by atoms with Gasteiger partial charge in [0.25, 0.3) is 0 Å². The Kier molecular flexibility index (Phi) is 6.09. The molecule has 3 N–H and O–H groups in total. The van der Waals surface area contributed by atoms with Gasteiger partial charge in [0.2, 0.25) is 0 Å². The van der Waals surface area contributed by atoms with Crippen molar-refractivity contribution in [3.05, 3.63) is 0 Å². The molecule has 0 saturated heterocycles. The highest BCUT2D eigenvalue weighted by Gasteiger charge is 2.57. The number of carbonyl (C=O) groups is 1. The van der Waals surface area contributed by atoms with Gasteiger partial charge in [0.05, 0.1) is 12.2 Å². The van der Waals surface area contributed by atoms with E-state index in [1.807, 2.05) is 0 Å². The van der Waals surface area contributed by atoms with Gasteiger partial charge in [0.1, 0.15) is 0 Å². The maximum Gasteiger partial charge on any atom is 0.303 e. The van der Waals surface area contributed by atoms with E-state index >= 15 is 0 Å². The number of aliphatic hydroxyl groups excluding tert-OH is 2. The molecule has 0 aliphatic heterocycles. The van der Waals surface area contributed by atoms with Crippen molar-refractivity contribution < 1.29 is 20.1 Å². The zero-order valence-corrected chi connectivity index (χ0v) is 17.7. The second-order valence-electron chi connectivity index (χ2n) is 10.7. The summed E-state index contributed by atoms with van der Waals surface area (Å²) in [4.78, 5) is 11.0. The third-order valence-electron chi connectivity index (χ3n) is 9.63. The van der Waals surface area contributed by atoms with Crippen LogP contribution in [0.25, 0.3) is 0 Å². The van der Waals surface area contributed by atoms with Crippen molar-refractivity contribution in [1.82, 2.24) is 0 Å². The first-order valence-electron chi connectivity index (χ1n) is 12.0. The van der Waals surface area contributed by atoms with E-state index < -0.39 is 5.97 Å². The molecule has 11 atom stereocenters. The van der Waals surface area contributed by atoms with Crippen LogP contribution >= 0.6 is 0 Å². The van der Waals surface area contributed by atoms with E-state index in [0.29, 0.717) is 53.3 Å². The summed E-state index contributed by atoms with van der Waals surface area (Å²) in [7, 11) is 0. The van der Waals surface area contributed by atoms with Crippen LogP contribution in [0.4, 0.5) is 0 Å². The van der Waals surface area contributed by atoms with Crippen molar-refractivity contribution in [1.29, 1.82) is 0 Å². The van der Waals surface area contributed by atoms with E-state index in [0.717, 1.165) is 32.1 Å². The number of hydrogen-bond acceptors (Lipinski definition) is 3. The molecule has 4 saturated carbocycles. The van der Waals surface area contributed by atoms with Gasteiger partial charge in [-0.25, -0.2) is 0 Å². The van der Waals surface area contributed by atoms with Gasteiger partial charge in [-0.1, -0.05) is 20.3 Å². The highest BCUT2D eigenvalue weighted by molar-refractivity contribution is 5.66. The molecule has 4 rings (SSSR count). The summed E-state index contributed by atoms with van der Waals surface area (Å²) >= 11 is 0. The summed E-state index contributed by atoms with van der Waals surface area (Å²) < 4.78 is 0. The summed E-state index contributed by atoms with van der Waals surface area (Å²) in [6.07, 6.45) is 9.66. The standard InChI is InChI=1S/C24H40O4/c1-3-15-21-12-14(25)5-6-18(21)20-10-8-17-16(13(2)4-11-22(26)27)7-9-19(17)23(20)24(15)28/h13-21,23-25,28H,3-12H2,1-2H3,(H,26,27)/t13?,14-,15+,16-,17?,18?,19?,20?,21?,23?,24-/m1/s1. The Morgan fingerprint density at radius 3 is 2.29 bits per heavy atom. The minimum absolute atomic E-state index is 0.165. The van der Waals surface area contributed by atoms with E-state index in [2.05, 4.69) is 13.8 Å². The Labute approximate surface area is 170 Å². The molecular formula is C24H40O4. The van der Waals surface area contributed by atoms with Crippen LogP contribution in [0.15, 0.2) is 0 Å². The molecular weight excluding hydrogens is 352 g/mol. The van der Waals surface area contributed by atoms with E-state index in [1.165, 1.54) is 25.7 Å². The average molecular weight is 393 g/mol. The van der Waals surface area contributed by atoms with Crippen LogP contribution in [-0.4, -0.2) is 33.5 Å². The molecule has 7 unspecified atom stereocenters. The quantitative estimate of drug-likeness (QED) is 0.651. The lowest BCUT2D eigenvalue weighted by Crippen LogP contribution is -2.56. The number of aliphatic carboxylic acids is 1. The summed E-state index contributed by atoms with van der Waals surface area (Å²) in [5.41, 5.74) is 0. The van der Waals surface area contributed by atoms with Crippen molar-refractivity contribution in [2.45, 2.75) is 90.3 Å². The van der Waals surface area contributed by atoms with Crippen LogP contribution in [0.5, 0.6) is 0 Å². The number of carboxylic acids is 1. The molecule has 0 amide bonds. The summed E-state index contributed by atoms with van der Waals surface area (Å²) in [6, 6.07) is 0. The van der Waals surface area contributed by atoms with Crippen LogP contribution in [0.1, 0.15) is 78.1 Å². The topological polar surface area (TPSA) is 77.8 Å². The minimum atomic E-state index is -0.677. The molecule has 0 aromatic rings. The molecule has 0 radical (unpaired) electrons. The van der Waals surface area contributed by atoms with Gasteiger partial charge in [0.15, 0.2) is 0 Å². The molecule has 0 spiro atoms. The van der Waals surface area contributed by atoms with Gasteiger partial charge in [-0.3, -0.25) is 4.79 Å². The first kappa shape index (κ1) is 20.7. The van der Waals surface area contributed by atoms with Gasteiger partial charge >= 0.3 is 5.97 Å². The monoisotopic (exact) mass is 392 g/mol. The normalized spacial score (nSPS) is 49.0. The number of rotatable bonds is 5. The van der Waals surface area contributed by atoms with Crippen molar-refractivity contribution in [2.24, 2.45) is 53.3 Å². The summed E-state index contributed by atoms with van der Waals surface area (Å²) in [5.74, 6) is 4.40. The Morgan fingerprint density at radius 2 is 1.57 bits per heavy atom. The Bertz CT molecular complexity index is 563. The van der Waals surface area contributed by atoms with Crippen LogP contribution < -0.4 is 0 Å². The van der Waals surface area contributed by atoms with E-state index in [-0.39, 0.29) is 18.6 Å². The van der Waals surface area contributed by atoms with Crippen LogP contribution in [0, 0.1) is 53.3 Å². The third kappa shape index (κ3) is 3.53. The maximum absolute atomic E-state index is 11.5. The molecule has 4 nitrogen and oxygen atoms in total. The highest BCUT2D eigenvalue weighted by Crippen LogP contribution is 2.61. The predicted octanol–water partition coefficient (Wildman–Crippen LogP) is 4.33. The SMILES string of the molecule is CC[C@H]1C2C[C@H](O)CCC2C2CCC3C(CC[C@@H]3C(C)CCC(=O)O)C2[C@@H]1O. The van der Waals surface area contributed by atoms with E-state index in [9.17, 15) is 15.0 Å².